The predicted molar refractivity (Wildman–Crippen MR) is 191 cm³/mol. The average Bonchev–Trinajstić information content (AvgIpc) is 3.66. The third kappa shape index (κ3) is 8.22. The summed E-state index contributed by atoms with van der Waals surface area (Å²) in [6, 6.07) is 21.6. The molecule has 5 aromatic rings. The Kier molecular flexibility index (Phi) is 11.2. The fourth-order valence-corrected chi connectivity index (χ4v) is 5.41. The molecule has 2 aromatic heterocycles. The molecule has 0 saturated carbocycles. The van der Waals surface area contributed by atoms with Crippen LogP contribution in [0.2, 0.25) is 0 Å². The fraction of sp³-hybridized carbons (Fsp3) is 0.270. The van der Waals surface area contributed by atoms with E-state index in [1.165, 1.54) is 12.0 Å². The molecular weight excluding hydrogens is 620 g/mol. The number of benzene rings is 3. The standard InChI is InChI=1S/C37H42N8O4/c1-7-43(8-2)24-23-42(5)35(46)28-13-15-29(16-14-28)40-36-38-21-19-33(41-36)45(34-26(3)11-9-12-27(34)4)37(47)49-31-18-17-30(25-32(31)48-6)44-22-10-20-39-44/h9-22,25H,7-8,23-24H2,1-6H3,(H,38,40,41). The Morgan fingerprint density at radius 2 is 1.61 bits per heavy atom. The Hall–Kier alpha value is -5.75. The third-order valence-electron chi connectivity index (χ3n) is 8.21. The maximum atomic E-state index is 14.1. The molecule has 0 unspecified atom stereocenters. The van der Waals surface area contributed by atoms with Gasteiger partial charge in [-0.1, -0.05) is 32.0 Å². The van der Waals surface area contributed by atoms with Crippen LogP contribution in [0.25, 0.3) is 5.69 Å². The van der Waals surface area contributed by atoms with E-state index in [0.29, 0.717) is 35.1 Å². The minimum absolute atomic E-state index is 0.0487. The first-order chi connectivity index (χ1) is 23.7. The minimum atomic E-state index is -0.680. The molecule has 0 radical (unpaired) electrons. The van der Waals surface area contributed by atoms with Gasteiger partial charge in [-0.3, -0.25) is 4.79 Å². The lowest BCUT2D eigenvalue weighted by molar-refractivity contribution is 0.0779. The first kappa shape index (κ1) is 34.6. The molecule has 5 rings (SSSR count). The maximum absolute atomic E-state index is 14.1. The van der Waals surface area contributed by atoms with Gasteiger partial charge >= 0.3 is 6.09 Å². The van der Waals surface area contributed by atoms with Crippen molar-refractivity contribution in [1.29, 1.82) is 0 Å². The first-order valence-corrected chi connectivity index (χ1v) is 16.2. The topological polar surface area (TPSA) is 118 Å². The van der Waals surface area contributed by atoms with Gasteiger partial charge in [-0.2, -0.15) is 10.1 Å². The summed E-state index contributed by atoms with van der Waals surface area (Å²) in [5, 5.41) is 7.46. The van der Waals surface area contributed by atoms with Gasteiger partial charge in [0.05, 0.1) is 18.5 Å². The number of methoxy groups -OCH3 is 1. The second-order valence-electron chi connectivity index (χ2n) is 11.4. The van der Waals surface area contributed by atoms with Gasteiger partial charge < -0.3 is 24.6 Å². The maximum Gasteiger partial charge on any atom is 0.425 e. The van der Waals surface area contributed by atoms with Crippen LogP contribution in [0.1, 0.15) is 35.3 Å². The highest BCUT2D eigenvalue weighted by atomic mass is 16.6. The molecular formula is C37H42N8O4. The number of anilines is 4. The number of carbonyl (C=O) groups is 2. The molecule has 0 spiro atoms. The molecule has 2 heterocycles. The summed E-state index contributed by atoms with van der Waals surface area (Å²) in [5.74, 6) is 1.12. The van der Waals surface area contributed by atoms with Crippen molar-refractivity contribution in [3.8, 4) is 17.2 Å². The Bertz CT molecular complexity index is 1850. The Morgan fingerprint density at radius 3 is 2.27 bits per heavy atom. The van der Waals surface area contributed by atoms with Crippen molar-refractivity contribution in [2.45, 2.75) is 27.7 Å². The monoisotopic (exact) mass is 662 g/mol. The summed E-state index contributed by atoms with van der Waals surface area (Å²) < 4.78 is 13.2. The van der Waals surface area contributed by atoms with Crippen molar-refractivity contribution in [2.75, 3.05) is 50.6 Å². The molecule has 12 heteroatoms. The molecule has 0 atom stereocenters. The molecule has 0 aliphatic carbocycles. The molecule has 0 aliphatic rings. The lowest BCUT2D eigenvalue weighted by Gasteiger charge is -2.25. The van der Waals surface area contributed by atoms with E-state index in [2.05, 4.69) is 34.1 Å². The highest BCUT2D eigenvalue weighted by Gasteiger charge is 2.26. The second kappa shape index (κ2) is 15.9. The Labute approximate surface area is 286 Å². The number of aromatic nitrogens is 4. The Morgan fingerprint density at radius 1 is 0.878 bits per heavy atom. The average molecular weight is 663 g/mol. The number of para-hydroxylation sites is 1. The minimum Gasteiger partial charge on any atom is -0.493 e. The Balaban J connectivity index is 1.38. The van der Waals surface area contributed by atoms with Crippen LogP contribution in [0.3, 0.4) is 0 Å². The van der Waals surface area contributed by atoms with Crippen molar-refractivity contribution in [2.24, 2.45) is 0 Å². The lowest BCUT2D eigenvalue weighted by atomic mass is 10.1. The second-order valence-corrected chi connectivity index (χ2v) is 11.4. The van der Waals surface area contributed by atoms with E-state index in [1.807, 2.05) is 51.4 Å². The van der Waals surface area contributed by atoms with E-state index in [1.54, 1.807) is 70.5 Å². The van der Waals surface area contributed by atoms with E-state index in [4.69, 9.17) is 14.5 Å². The molecule has 2 amide bonds. The SMILES string of the molecule is CCN(CC)CCN(C)C(=O)c1ccc(Nc2nccc(N(C(=O)Oc3ccc(-n4cccn4)cc3OC)c3c(C)cccc3C)n2)cc1. The zero-order chi connectivity index (χ0) is 34.9. The van der Waals surface area contributed by atoms with Crippen molar-refractivity contribution in [3.05, 3.63) is 108 Å². The molecule has 0 saturated heterocycles. The summed E-state index contributed by atoms with van der Waals surface area (Å²) >= 11 is 0. The first-order valence-electron chi connectivity index (χ1n) is 16.2. The van der Waals surface area contributed by atoms with E-state index < -0.39 is 6.09 Å². The summed E-state index contributed by atoms with van der Waals surface area (Å²) in [7, 11) is 3.33. The van der Waals surface area contributed by atoms with Gasteiger partial charge in [0.1, 0.15) is 5.82 Å². The number of ether oxygens (including phenoxy) is 2. The number of rotatable bonds is 13. The smallest absolute Gasteiger partial charge is 0.425 e. The van der Waals surface area contributed by atoms with Gasteiger partial charge in [0.25, 0.3) is 5.91 Å². The van der Waals surface area contributed by atoms with E-state index in [0.717, 1.165) is 36.4 Å². The van der Waals surface area contributed by atoms with Crippen molar-refractivity contribution >= 4 is 35.1 Å². The summed E-state index contributed by atoms with van der Waals surface area (Å²) in [6.45, 7) is 11.4. The number of nitrogens with one attached hydrogen (secondary N) is 1. The molecule has 49 heavy (non-hydrogen) atoms. The number of aryl methyl sites for hydroxylation is 2. The van der Waals surface area contributed by atoms with Crippen LogP contribution in [0.15, 0.2) is 91.4 Å². The van der Waals surface area contributed by atoms with Gasteiger partial charge in [0, 0.05) is 62.1 Å². The predicted octanol–water partition coefficient (Wildman–Crippen LogP) is 6.78. The number of carbonyl (C=O) groups excluding carboxylic acids is 2. The largest absolute Gasteiger partial charge is 0.493 e. The molecule has 3 aromatic carbocycles. The lowest BCUT2D eigenvalue weighted by Crippen LogP contribution is -2.36. The van der Waals surface area contributed by atoms with Gasteiger partial charge in [-0.05, 0) is 80.5 Å². The molecule has 0 fully saturated rings. The van der Waals surface area contributed by atoms with Crippen LogP contribution in [-0.4, -0.2) is 81.9 Å². The van der Waals surface area contributed by atoms with Crippen LogP contribution < -0.4 is 19.7 Å². The van der Waals surface area contributed by atoms with Gasteiger partial charge in [-0.15, -0.1) is 0 Å². The van der Waals surface area contributed by atoms with Gasteiger partial charge in [0.15, 0.2) is 11.5 Å². The van der Waals surface area contributed by atoms with Crippen LogP contribution in [0.5, 0.6) is 11.5 Å². The van der Waals surface area contributed by atoms with E-state index in [-0.39, 0.29) is 17.6 Å². The van der Waals surface area contributed by atoms with Crippen molar-refractivity contribution < 1.29 is 19.1 Å². The molecule has 0 aliphatic heterocycles. The number of nitrogens with zero attached hydrogens (tertiary/aromatic N) is 7. The summed E-state index contributed by atoms with van der Waals surface area (Å²) in [6.07, 6.45) is 4.38. The number of hydrogen-bond acceptors (Lipinski definition) is 9. The zero-order valence-corrected chi connectivity index (χ0v) is 28.8. The quantitative estimate of drug-likeness (QED) is 0.146. The van der Waals surface area contributed by atoms with Gasteiger partial charge in [-0.25, -0.2) is 19.4 Å². The molecule has 254 valence electrons. The summed E-state index contributed by atoms with van der Waals surface area (Å²) in [4.78, 5) is 41.6. The third-order valence-corrected chi connectivity index (χ3v) is 8.21. The van der Waals surface area contributed by atoms with Crippen LogP contribution in [0, 0.1) is 13.8 Å². The zero-order valence-electron chi connectivity index (χ0n) is 28.8. The van der Waals surface area contributed by atoms with Crippen LogP contribution in [-0.2, 0) is 0 Å². The highest BCUT2D eigenvalue weighted by Crippen LogP contribution is 2.35. The fourth-order valence-electron chi connectivity index (χ4n) is 5.41. The van der Waals surface area contributed by atoms with E-state index in [9.17, 15) is 9.59 Å². The number of amides is 2. The molecule has 0 bridgehead atoms. The normalized spacial score (nSPS) is 10.9. The van der Waals surface area contributed by atoms with Crippen molar-refractivity contribution in [3.63, 3.8) is 0 Å². The molecule has 12 nitrogen and oxygen atoms in total. The van der Waals surface area contributed by atoms with Crippen molar-refractivity contribution in [1.82, 2.24) is 29.5 Å². The molecule has 1 N–H and O–H groups in total. The van der Waals surface area contributed by atoms with Crippen LogP contribution in [0.4, 0.5) is 27.9 Å². The highest BCUT2D eigenvalue weighted by molar-refractivity contribution is 5.98. The van der Waals surface area contributed by atoms with Gasteiger partial charge in [0.2, 0.25) is 5.95 Å². The van der Waals surface area contributed by atoms with E-state index >= 15 is 0 Å². The van der Waals surface area contributed by atoms with Crippen LogP contribution >= 0.6 is 0 Å². The number of hydrogen-bond donors (Lipinski definition) is 1. The summed E-state index contributed by atoms with van der Waals surface area (Å²) in [5.41, 5.74) is 4.36. The number of likely N-dealkylation sites (N-methyl/N-ethyl adjacent to an activating group) is 2.